The molecule has 4 nitrogen and oxygen atoms in total. The van der Waals surface area contributed by atoms with Crippen LogP contribution in [0.3, 0.4) is 0 Å². The molecule has 1 aromatic carbocycles. The van der Waals surface area contributed by atoms with Gasteiger partial charge < -0.3 is 5.32 Å². The van der Waals surface area contributed by atoms with Gasteiger partial charge in [-0.05, 0) is 17.7 Å². The maximum absolute atomic E-state index is 11.9. The normalized spacial score (nSPS) is 10.8. The van der Waals surface area contributed by atoms with E-state index in [1.807, 2.05) is 46.4 Å². The van der Waals surface area contributed by atoms with Gasteiger partial charge in [0, 0.05) is 29.3 Å². The van der Waals surface area contributed by atoms with Gasteiger partial charge in [0.1, 0.15) is 0 Å². The molecule has 0 fully saturated rings. The number of rotatable bonds is 4. The maximum atomic E-state index is 11.9. The fourth-order valence-corrected chi connectivity index (χ4v) is 2.87. The minimum atomic E-state index is -0.0456. The Labute approximate surface area is 125 Å². The highest BCUT2D eigenvalue weighted by atomic mass is 35.5. The molecule has 0 aliphatic carbocycles. The Kier molecular flexibility index (Phi) is 3.71. The molecule has 0 atom stereocenters. The van der Waals surface area contributed by atoms with Crippen LogP contribution in [-0.4, -0.2) is 15.3 Å². The van der Waals surface area contributed by atoms with Crippen LogP contribution in [0.5, 0.6) is 0 Å². The summed E-state index contributed by atoms with van der Waals surface area (Å²) in [5.41, 5.74) is 1.76. The number of nitrogens with one attached hydrogen (secondary N) is 1. The highest BCUT2D eigenvalue weighted by molar-refractivity contribution is 7.15. The standard InChI is InChI=1S/C14H12ClN3OS/c15-11-3-1-2-10(6-11)8-16-13(19)7-12-9-18-4-5-20-14(18)17-12/h1-6,9H,7-8H2,(H,16,19). The predicted molar refractivity (Wildman–Crippen MR) is 80.1 cm³/mol. The first-order valence-corrected chi connectivity index (χ1v) is 7.39. The van der Waals surface area contributed by atoms with Gasteiger partial charge in [0.25, 0.3) is 0 Å². The van der Waals surface area contributed by atoms with Crippen molar-refractivity contribution in [2.45, 2.75) is 13.0 Å². The number of amides is 1. The molecule has 0 bridgehead atoms. The van der Waals surface area contributed by atoms with Crippen LogP contribution in [0.25, 0.3) is 4.96 Å². The zero-order valence-electron chi connectivity index (χ0n) is 10.5. The predicted octanol–water partition coefficient (Wildman–Crippen LogP) is 2.91. The van der Waals surface area contributed by atoms with Gasteiger partial charge in [-0.25, -0.2) is 4.98 Å². The second-order valence-corrected chi connectivity index (χ2v) is 5.72. The van der Waals surface area contributed by atoms with E-state index in [2.05, 4.69) is 10.3 Å². The molecule has 3 rings (SSSR count). The monoisotopic (exact) mass is 305 g/mol. The number of benzene rings is 1. The highest BCUT2D eigenvalue weighted by Gasteiger charge is 2.08. The van der Waals surface area contributed by atoms with Gasteiger partial charge in [0.15, 0.2) is 4.96 Å². The Morgan fingerprint density at radius 2 is 2.35 bits per heavy atom. The molecule has 0 radical (unpaired) electrons. The highest BCUT2D eigenvalue weighted by Crippen LogP contribution is 2.12. The first-order chi connectivity index (χ1) is 9.70. The van der Waals surface area contributed by atoms with Crippen molar-refractivity contribution >= 4 is 33.8 Å². The number of halogens is 1. The second-order valence-electron chi connectivity index (χ2n) is 4.41. The van der Waals surface area contributed by atoms with E-state index in [4.69, 9.17) is 11.6 Å². The molecule has 2 heterocycles. The summed E-state index contributed by atoms with van der Waals surface area (Å²) >= 11 is 7.45. The topological polar surface area (TPSA) is 46.4 Å². The lowest BCUT2D eigenvalue weighted by Crippen LogP contribution is -2.24. The van der Waals surface area contributed by atoms with Gasteiger partial charge in [0.05, 0.1) is 12.1 Å². The van der Waals surface area contributed by atoms with Crippen molar-refractivity contribution in [1.29, 1.82) is 0 Å². The fraction of sp³-hybridized carbons (Fsp3) is 0.143. The zero-order chi connectivity index (χ0) is 13.9. The molecular formula is C14H12ClN3OS. The van der Waals surface area contributed by atoms with E-state index in [0.717, 1.165) is 16.2 Å². The van der Waals surface area contributed by atoms with Crippen molar-refractivity contribution in [2.75, 3.05) is 0 Å². The number of aromatic nitrogens is 2. The van der Waals surface area contributed by atoms with Crippen LogP contribution in [0, 0.1) is 0 Å². The Hall–Kier alpha value is -1.85. The lowest BCUT2D eigenvalue weighted by molar-refractivity contribution is -0.120. The molecule has 6 heteroatoms. The van der Waals surface area contributed by atoms with Gasteiger partial charge in [-0.3, -0.25) is 9.20 Å². The number of carbonyl (C=O) groups excluding carboxylic acids is 1. The molecule has 2 aromatic heterocycles. The van der Waals surface area contributed by atoms with Crippen molar-refractivity contribution in [3.63, 3.8) is 0 Å². The van der Waals surface area contributed by atoms with Crippen LogP contribution in [0.4, 0.5) is 0 Å². The lowest BCUT2D eigenvalue weighted by atomic mass is 10.2. The van der Waals surface area contributed by atoms with Crippen LogP contribution in [0.1, 0.15) is 11.3 Å². The molecule has 0 aliphatic heterocycles. The summed E-state index contributed by atoms with van der Waals surface area (Å²) in [5.74, 6) is -0.0456. The Morgan fingerprint density at radius 3 is 3.15 bits per heavy atom. The summed E-state index contributed by atoms with van der Waals surface area (Å²) in [4.78, 5) is 17.2. The van der Waals surface area contributed by atoms with Crippen LogP contribution >= 0.6 is 22.9 Å². The molecule has 0 unspecified atom stereocenters. The van der Waals surface area contributed by atoms with E-state index in [1.165, 1.54) is 0 Å². The summed E-state index contributed by atoms with van der Waals surface area (Å²) in [5, 5.41) is 5.50. The zero-order valence-corrected chi connectivity index (χ0v) is 12.1. The third-order valence-corrected chi connectivity index (χ3v) is 3.87. The molecule has 0 spiro atoms. The fourth-order valence-electron chi connectivity index (χ4n) is 1.94. The Morgan fingerprint density at radius 1 is 1.45 bits per heavy atom. The van der Waals surface area contributed by atoms with Gasteiger partial charge in [-0.1, -0.05) is 23.7 Å². The van der Waals surface area contributed by atoms with Crippen molar-refractivity contribution in [1.82, 2.24) is 14.7 Å². The number of hydrogen-bond acceptors (Lipinski definition) is 3. The first-order valence-electron chi connectivity index (χ1n) is 6.13. The summed E-state index contributed by atoms with van der Waals surface area (Å²) in [6.07, 6.45) is 4.10. The number of hydrogen-bond donors (Lipinski definition) is 1. The first kappa shape index (κ1) is 13.1. The number of thiazole rings is 1. The molecule has 20 heavy (non-hydrogen) atoms. The average Bonchev–Trinajstić information content (AvgIpc) is 2.97. The van der Waals surface area contributed by atoms with Crippen molar-refractivity contribution < 1.29 is 4.79 Å². The van der Waals surface area contributed by atoms with E-state index in [1.54, 1.807) is 11.3 Å². The third kappa shape index (κ3) is 3.00. The molecule has 1 N–H and O–H groups in total. The van der Waals surface area contributed by atoms with Crippen LogP contribution in [0.2, 0.25) is 5.02 Å². The van der Waals surface area contributed by atoms with E-state index < -0.39 is 0 Å². The van der Waals surface area contributed by atoms with Crippen LogP contribution in [-0.2, 0) is 17.8 Å². The minimum absolute atomic E-state index is 0.0456. The van der Waals surface area contributed by atoms with Crippen LogP contribution in [0.15, 0.2) is 42.0 Å². The summed E-state index contributed by atoms with van der Waals surface area (Å²) < 4.78 is 1.92. The van der Waals surface area contributed by atoms with Crippen molar-refractivity contribution in [3.8, 4) is 0 Å². The summed E-state index contributed by atoms with van der Waals surface area (Å²) in [6, 6.07) is 7.45. The van der Waals surface area contributed by atoms with Crippen molar-refractivity contribution in [2.24, 2.45) is 0 Å². The third-order valence-electron chi connectivity index (χ3n) is 2.86. The molecule has 1 amide bonds. The molecule has 102 valence electrons. The molecular weight excluding hydrogens is 294 g/mol. The SMILES string of the molecule is O=C(Cc1cn2ccsc2n1)NCc1cccc(Cl)c1. The molecule has 3 aromatic rings. The van der Waals surface area contributed by atoms with Gasteiger partial charge in [0.2, 0.25) is 5.91 Å². The summed E-state index contributed by atoms with van der Waals surface area (Å²) in [7, 11) is 0. The second kappa shape index (κ2) is 5.64. The minimum Gasteiger partial charge on any atom is -0.352 e. The van der Waals surface area contributed by atoms with Crippen molar-refractivity contribution in [3.05, 3.63) is 58.3 Å². The molecule has 0 saturated heterocycles. The van der Waals surface area contributed by atoms with Crippen LogP contribution < -0.4 is 5.32 Å². The van der Waals surface area contributed by atoms with E-state index >= 15 is 0 Å². The quantitative estimate of drug-likeness (QED) is 0.805. The Bertz CT molecular complexity index is 721. The number of fused-ring (bicyclic) bond motifs is 1. The Balaban J connectivity index is 1.58. The summed E-state index contributed by atoms with van der Waals surface area (Å²) in [6.45, 7) is 0.474. The number of imidazole rings is 1. The number of carbonyl (C=O) groups is 1. The van der Waals surface area contributed by atoms with Gasteiger partial charge in [-0.15, -0.1) is 11.3 Å². The lowest BCUT2D eigenvalue weighted by Gasteiger charge is -2.04. The molecule has 0 aliphatic rings. The smallest absolute Gasteiger partial charge is 0.226 e. The average molecular weight is 306 g/mol. The van der Waals surface area contributed by atoms with E-state index in [9.17, 15) is 4.79 Å². The number of nitrogens with zero attached hydrogens (tertiary/aromatic N) is 2. The maximum Gasteiger partial charge on any atom is 0.226 e. The largest absolute Gasteiger partial charge is 0.352 e. The van der Waals surface area contributed by atoms with Gasteiger partial charge >= 0.3 is 0 Å². The molecule has 0 saturated carbocycles. The van der Waals surface area contributed by atoms with E-state index in [0.29, 0.717) is 11.6 Å². The van der Waals surface area contributed by atoms with E-state index in [-0.39, 0.29) is 12.3 Å². The van der Waals surface area contributed by atoms with Gasteiger partial charge in [-0.2, -0.15) is 0 Å².